The van der Waals surface area contributed by atoms with Crippen molar-refractivity contribution in [2.75, 3.05) is 26.7 Å². The van der Waals surface area contributed by atoms with Gasteiger partial charge in [0.2, 0.25) is 0 Å². The third-order valence-corrected chi connectivity index (χ3v) is 4.65. The summed E-state index contributed by atoms with van der Waals surface area (Å²) in [7, 11) is 2.07. The zero-order valence-corrected chi connectivity index (χ0v) is 11.4. The van der Waals surface area contributed by atoms with Crippen LogP contribution in [0.3, 0.4) is 0 Å². The summed E-state index contributed by atoms with van der Waals surface area (Å²) in [5, 5.41) is 3.32. The Morgan fingerprint density at radius 1 is 1.22 bits per heavy atom. The van der Waals surface area contributed by atoms with Crippen molar-refractivity contribution in [3.8, 4) is 0 Å². The van der Waals surface area contributed by atoms with Crippen LogP contribution < -0.4 is 5.32 Å². The molecule has 0 amide bonds. The van der Waals surface area contributed by atoms with E-state index >= 15 is 0 Å². The van der Waals surface area contributed by atoms with Crippen molar-refractivity contribution in [3.05, 3.63) is 35.4 Å². The van der Waals surface area contributed by atoms with Crippen molar-refractivity contribution in [2.45, 2.75) is 31.7 Å². The number of benzene rings is 1. The van der Waals surface area contributed by atoms with Crippen LogP contribution in [-0.4, -0.2) is 37.6 Å². The molecule has 1 aromatic carbocycles. The average Bonchev–Trinajstić information content (AvgIpc) is 2.87. The lowest BCUT2D eigenvalue weighted by Crippen LogP contribution is -2.38. The number of aryl methyl sites for hydroxylation is 1. The predicted octanol–water partition coefficient (Wildman–Crippen LogP) is 2.09. The van der Waals surface area contributed by atoms with Gasteiger partial charge in [-0.1, -0.05) is 24.3 Å². The van der Waals surface area contributed by atoms with Crippen molar-refractivity contribution in [1.82, 2.24) is 10.2 Å². The van der Waals surface area contributed by atoms with Gasteiger partial charge in [0.15, 0.2) is 0 Å². The van der Waals surface area contributed by atoms with Crippen LogP contribution in [0.15, 0.2) is 24.3 Å². The molecule has 0 saturated carbocycles. The zero-order valence-electron chi connectivity index (χ0n) is 11.4. The maximum atomic E-state index is 3.32. The number of hydrogen-bond donors (Lipinski definition) is 1. The van der Waals surface area contributed by atoms with Crippen LogP contribution in [0.5, 0.6) is 0 Å². The van der Waals surface area contributed by atoms with Crippen molar-refractivity contribution in [2.24, 2.45) is 5.92 Å². The van der Waals surface area contributed by atoms with E-state index in [4.69, 9.17) is 0 Å². The number of nitrogens with one attached hydrogen (secondary N) is 1. The van der Waals surface area contributed by atoms with Crippen LogP contribution in [-0.2, 0) is 12.8 Å². The molecular formula is C16H24N2. The van der Waals surface area contributed by atoms with Crippen molar-refractivity contribution >= 4 is 0 Å². The Hall–Kier alpha value is -0.860. The molecule has 1 N–H and O–H groups in total. The molecule has 2 atom stereocenters. The number of likely N-dealkylation sites (tertiary alicyclic amines) is 1. The molecule has 2 unspecified atom stereocenters. The number of rotatable bonds is 3. The van der Waals surface area contributed by atoms with Gasteiger partial charge in [0.05, 0.1) is 0 Å². The summed E-state index contributed by atoms with van der Waals surface area (Å²) in [5.74, 6) is 0.868. The second-order valence-electron chi connectivity index (χ2n) is 5.87. The van der Waals surface area contributed by atoms with Gasteiger partial charge in [-0.05, 0) is 62.9 Å². The normalized spacial score (nSPS) is 28.3. The first-order valence-corrected chi connectivity index (χ1v) is 7.32. The minimum absolute atomic E-state index is 0.793. The van der Waals surface area contributed by atoms with E-state index in [9.17, 15) is 0 Å². The van der Waals surface area contributed by atoms with Crippen molar-refractivity contribution in [1.29, 1.82) is 0 Å². The van der Waals surface area contributed by atoms with E-state index in [1.54, 1.807) is 11.1 Å². The van der Waals surface area contributed by atoms with Gasteiger partial charge >= 0.3 is 0 Å². The van der Waals surface area contributed by atoms with Crippen molar-refractivity contribution in [3.63, 3.8) is 0 Å². The highest BCUT2D eigenvalue weighted by Crippen LogP contribution is 2.28. The summed E-state index contributed by atoms with van der Waals surface area (Å²) < 4.78 is 0. The summed E-state index contributed by atoms with van der Waals surface area (Å²) >= 11 is 0. The van der Waals surface area contributed by atoms with Crippen molar-refractivity contribution < 1.29 is 0 Å². The van der Waals surface area contributed by atoms with Gasteiger partial charge in [-0.25, -0.2) is 0 Å². The molecule has 2 heteroatoms. The summed E-state index contributed by atoms with van der Waals surface area (Å²) in [6, 6.07) is 9.79. The van der Waals surface area contributed by atoms with E-state index in [1.165, 1.54) is 45.3 Å². The number of nitrogens with zero attached hydrogens (tertiary/aromatic N) is 1. The molecule has 18 heavy (non-hydrogen) atoms. The highest BCUT2D eigenvalue weighted by atomic mass is 15.2. The molecule has 0 aromatic heterocycles. The maximum Gasteiger partial charge on any atom is 0.0139 e. The molecule has 0 spiro atoms. The molecule has 1 heterocycles. The van der Waals surface area contributed by atoms with E-state index in [-0.39, 0.29) is 0 Å². The van der Waals surface area contributed by atoms with Crippen LogP contribution in [0.1, 0.15) is 24.0 Å². The minimum Gasteiger partial charge on any atom is -0.319 e. The fraction of sp³-hybridized carbons (Fsp3) is 0.625. The standard InChI is InChI=1S/C16H24N2/c1-17-11-13-8-9-18(12-13)16-7-6-14-4-2-3-5-15(14)10-16/h2-5,13,16-17H,6-12H2,1H3. The lowest BCUT2D eigenvalue weighted by molar-refractivity contribution is 0.214. The Morgan fingerprint density at radius 3 is 2.89 bits per heavy atom. The molecule has 1 aliphatic carbocycles. The van der Waals surface area contributed by atoms with Crippen LogP contribution in [0, 0.1) is 5.92 Å². The van der Waals surface area contributed by atoms with E-state index < -0.39 is 0 Å². The summed E-state index contributed by atoms with van der Waals surface area (Å²) in [5.41, 5.74) is 3.17. The molecule has 98 valence electrons. The molecule has 0 radical (unpaired) electrons. The maximum absolute atomic E-state index is 3.32. The van der Waals surface area contributed by atoms with E-state index in [0.29, 0.717) is 0 Å². The fourth-order valence-corrected chi connectivity index (χ4v) is 3.64. The fourth-order valence-electron chi connectivity index (χ4n) is 3.64. The first kappa shape index (κ1) is 12.2. The Balaban J connectivity index is 1.63. The van der Waals surface area contributed by atoms with Crippen LogP contribution in [0.4, 0.5) is 0 Å². The van der Waals surface area contributed by atoms with E-state index in [0.717, 1.165) is 12.0 Å². The Kier molecular flexibility index (Phi) is 3.67. The molecule has 3 rings (SSSR count). The Bertz CT molecular complexity index is 402. The van der Waals surface area contributed by atoms with Gasteiger partial charge in [0.25, 0.3) is 0 Å². The highest BCUT2D eigenvalue weighted by Gasteiger charge is 2.29. The van der Waals surface area contributed by atoms with Crippen LogP contribution in [0.25, 0.3) is 0 Å². The first-order valence-electron chi connectivity index (χ1n) is 7.32. The highest BCUT2D eigenvalue weighted by molar-refractivity contribution is 5.30. The van der Waals surface area contributed by atoms with Gasteiger partial charge in [0.1, 0.15) is 0 Å². The molecule has 2 aliphatic rings. The average molecular weight is 244 g/mol. The monoisotopic (exact) mass is 244 g/mol. The molecule has 1 aliphatic heterocycles. The Labute approximate surface area is 110 Å². The number of hydrogen-bond acceptors (Lipinski definition) is 2. The van der Waals surface area contributed by atoms with Gasteiger partial charge in [-0.3, -0.25) is 4.90 Å². The second-order valence-corrected chi connectivity index (χ2v) is 5.87. The quantitative estimate of drug-likeness (QED) is 0.876. The van der Waals surface area contributed by atoms with E-state index in [2.05, 4.69) is 41.5 Å². The summed E-state index contributed by atoms with van der Waals surface area (Å²) in [6.45, 7) is 3.78. The van der Waals surface area contributed by atoms with Gasteiger partial charge < -0.3 is 5.32 Å². The lowest BCUT2D eigenvalue weighted by Gasteiger charge is -2.32. The van der Waals surface area contributed by atoms with Gasteiger partial charge in [0, 0.05) is 12.6 Å². The third kappa shape index (κ3) is 2.45. The lowest BCUT2D eigenvalue weighted by atomic mass is 9.87. The minimum atomic E-state index is 0.793. The predicted molar refractivity (Wildman–Crippen MR) is 75.9 cm³/mol. The Morgan fingerprint density at radius 2 is 2.06 bits per heavy atom. The smallest absolute Gasteiger partial charge is 0.0139 e. The molecule has 1 aromatic rings. The molecule has 1 fully saturated rings. The molecule has 1 saturated heterocycles. The van der Waals surface area contributed by atoms with E-state index in [1.807, 2.05) is 0 Å². The largest absolute Gasteiger partial charge is 0.319 e. The topological polar surface area (TPSA) is 15.3 Å². The SMILES string of the molecule is CNCC1CCN(C2CCc3ccccc3C2)C1. The molecular weight excluding hydrogens is 220 g/mol. The van der Waals surface area contributed by atoms with Gasteiger partial charge in [-0.2, -0.15) is 0 Å². The van der Waals surface area contributed by atoms with Crippen LogP contribution >= 0.6 is 0 Å². The molecule has 2 nitrogen and oxygen atoms in total. The summed E-state index contributed by atoms with van der Waals surface area (Å²) in [6.07, 6.45) is 5.26. The second kappa shape index (κ2) is 5.41. The number of fused-ring (bicyclic) bond motifs is 1. The summed E-state index contributed by atoms with van der Waals surface area (Å²) in [4.78, 5) is 2.73. The molecule has 0 bridgehead atoms. The third-order valence-electron chi connectivity index (χ3n) is 4.65. The van der Waals surface area contributed by atoms with Crippen LogP contribution in [0.2, 0.25) is 0 Å². The zero-order chi connectivity index (χ0) is 12.4. The van der Waals surface area contributed by atoms with Gasteiger partial charge in [-0.15, -0.1) is 0 Å². The first-order chi connectivity index (χ1) is 8.86.